The summed E-state index contributed by atoms with van der Waals surface area (Å²) < 4.78 is 1.76. The summed E-state index contributed by atoms with van der Waals surface area (Å²) in [7, 11) is 0. The minimum atomic E-state index is -0.173. The zero-order chi connectivity index (χ0) is 11.9. The summed E-state index contributed by atoms with van der Waals surface area (Å²) in [6.45, 7) is 10.7. The molecular formula is C11H18ClNOS. The summed E-state index contributed by atoms with van der Waals surface area (Å²) in [5.41, 5.74) is -0.0528. The third kappa shape index (κ3) is 3.08. The molecule has 0 fully saturated rings. The smallest absolute Gasteiger partial charge is 0.267 e. The molecular weight excluding hydrogens is 230 g/mol. The van der Waals surface area contributed by atoms with Gasteiger partial charge in [-0.2, -0.15) is 0 Å². The molecule has 0 unspecified atom stereocenters. The average molecular weight is 248 g/mol. The maximum atomic E-state index is 11.7. The van der Waals surface area contributed by atoms with Gasteiger partial charge in [-0.25, -0.2) is 0 Å². The highest BCUT2D eigenvalue weighted by Gasteiger charge is 2.29. The van der Waals surface area contributed by atoms with Crippen LogP contribution in [0.15, 0.2) is 10.2 Å². The molecule has 0 N–H and O–H groups in total. The second-order valence-corrected chi connectivity index (χ2v) is 6.94. The Balaban J connectivity index is 3.06. The van der Waals surface area contributed by atoms with Crippen LogP contribution >= 0.6 is 23.1 Å². The molecule has 2 nitrogen and oxygen atoms in total. The first-order chi connectivity index (χ1) is 6.63. The number of hydrogen-bond acceptors (Lipinski definition) is 2. The zero-order valence-electron chi connectivity index (χ0n) is 9.93. The molecule has 1 aromatic rings. The Hall–Kier alpha value is -0.280. The van der Waals surface area contributed by atoms with E-state index < -0.39 is 0 Å². The minimum absolute atomic E-state index is 0.0732. The van der Waals surface area contributed by atoms with Gasteiger partial charge in [0.25, 0.3) is 5.56 Å². The Morgan fingerprint density at radius 1 is 1.33 bits per heavy atom. The maximum absolute atomic E-state index is 11.7. The molecule has 4 heteroatoms. The van der Waals surface area contributed by atoms with E-state index >= 15 is 0 Å². The number of hydrogen-bond donors (Lipinski definition) is 0. The number of nitrogens with zero attached hydrogens (tertiary/aromatic N) is 1. The second kappa shape index (κ2) is 3.95. The van der Waals surface area contributed by atoms with E-state index in [0.717, 1.165) is 6.42 Å². The van der Waals surface area contributed by atoms with Crippen molar-refractivity contribution >= 4 is 23.1 Å². The first kappa shape index (κ1) is 12.8. The van der Waals surface area contributed by atoms with Crippen LogP contribution in [0.5, 0.6) is 0 Å². The molecule has 0 radical (unpaired) electrons. The monoisotopic (exact) mass is 247 g/mol. The van der Waals surface area contributed by atoms with Gasteiger partial charge in [0.05, 0.1) is 5.54 Å². The van der Waals surface area contributed by atoms with Gasteiger partial charge in [-0.3, -0.25) is 8.75 Å². The molecule has 0 bridgehead atoms. The van der Waals surface area contributed by atoms with Crippen LogP contribution in [0.3, 0.4) is 0 Å². The topological polar surface area (TPSA) is 22.0 Å². The summed E-state index contributed by atoms with van der Waals surface area (Å²) in [6, 6.07) is 0. The molecule has 0 amide bonds. The largest absolute Gasteiger partial charge is 0.279 e. The molecule has 0 atom stereocenters. The first-order valence-corrected chi connectivity index (χ1v) is 6.22. The highest BCUT2D eigenvalue weighted by molar-refractivity contribution is 7.04. The van der Waals surface area contributed by atoms with Crippen LogP contribution in [0.1, 0.15) is 41.0 Å². The molecule has 0 saturated carbocycles. The van der Waals surface area contributed by atoms with Gasteiger partial charge >= 0.3 is 0 Å². The van der Waals surface area contributed by atoms with Crippen LogP contribution in [0.25, 0.3) is 0 Å². The predicted molar refractivity (Wildman–Crippen MR) is 67.0 cm³/mol. The fraction of sp³-hybridized carbons (Fsp3) is 0.727. The average Bonchev–Trinajstić information content (AvgIpc) is 2.27. The van der Waals surface area contributed by atoms with Crippen molar-refractivity contribution in [3.05, 3.63) is 20.8 Å². The molecule has 15 heavy (non-hydrogen) atoms. The molecule has 0 aliphatic rings. The van der Waals surface area contributed by atoms with E-state index in [-0.39, 0.29) is 16.5 Å². The van der Waals surface area contributed by atoms with Crippen LogP contribution in [-0.4, -0.2) is 3.96 Å². The van der Waals surface area contributed by atoms with Crippen molar-refractivity contribution in [2.75, 3.05) is 0 Å². The van der Waals surface area contributed by atoms with Gasteiger partial charge < -0.3 is 0 Å². The van der Waals surface area contributed by atoms with Crippen LogP contribution < -0.4 is 5.56 Å². The normalized spacial score (nSPS) is 13.2. The van der Waals surface area contributed by atoms with Gasteiger partial charge in [0.1, 0.15) is 5.02 Å². The predicted octanol–water partition coefficient (Wildman–Crippen LogP) is 3.73. The highest BCUT2D eigenvalue weighted by atomic mass is 35.5. The van der Waals surface area contributed by atoms with E-state index in [2.05, 4.69) is 34.6 Å². The maximum Gasteiger partial charge on any atom is 0.279 e. The van der Waals surface area contributed by atoms with Crippen molar-refractivity contribution in [3.8, 4) is 0 Å². The standard InChI is InChI=1S/C11H18ClNOS/c1-10(2,3)7-11(4,5)13-9(14)8(12)6-15-13/h6H,7H2,1-5H3. The lowest BCUT2D eigenvalue weighted by Gasteiger charge is -2.32. The van der Waals surface area contributed by atoms with Gasteiger partial charge in [0.15, 0.2) is 0 Å². The molecule has 0 spiro atoms. The van der Waals surface area contributed by atoms with Crippen LogP contribution in [-0.2, 0) is 5.54 Å². The second-order valence-electron chi connectivity index (χ2n) is 5.72. The van der Waals surface area contributed by atoms with E-state index in [4.69, 9.17) is 11.6 Å². The lowest BCUT2D eigenvalue weighted by Crippen LogP contribution is -2.36. The van der Waals surface area contributed by atoms with Crippen molar-refractivity contribution in [2.24, 2.45) is 5.41 Å². The molecule has 1 rings (SSSR count). The molecule has 1 heterocycles. The number of aromatic nitrogens is 1. The Morgan fingerprint density at radius 2 is 1.87 bits per heavy atom. The van der Waals surface area contributed by atoms with E-state index in [1.54, 1.807) is 9.34 Å². The Labute approximate surface area is 100 Å². The van der Waals surface area contributed by atoms with E-state index in [1.165, 1.54) is 11.5 Å². The van der Waals surface area contributed by atoms with Crippen molar-refractivity contribution in [1.29, 1.82) is 0 Å². The minimum Gasteiger partial charge on any atom is -0.267 e. The molecule has 1 aromatic heterocycles. The number of rotatable bonds is 2. The molecule has 0 saturated heterocycles. The van der Waals surface area contributed by atoms with Crippen LogP contribution in [0.4, 0.5) is 0 Å². The van der Waals surface area contributed by atoms with E-state index in [9.17, 15) is 4.79 Å². The third-order valence-corrected chi connectivity index (χ3v) is 3.78. The van der Waals surface area contributed by atoms with Gasteiger partial charge in [-0.05, 0) is 25.7 Å². The summed E-state index contributed by atoms with van der Waals surface area (Å²) in [5.74, 6) is 0. The Morgan fingerprint density at radius 3 is 2.20 bits per heavy atom. The Kier molecular flexibility index (Phi) is 3.36. The van der Waals surface area contributed by atoms with Crippen LogP contribution in [0.2, 0.25) is 5.02 Å². The van der Waals surface area contributed by atoms with Crippen molar-refractivity contribution in [3.63, 3.8) is 0 Å². The summed E-state index contributed by atoms with van der Waals surface area (Å²) in [6.07, 6.45) is 0.941. The quantitative estimate of drug-likeness (QED) is 0.781. The molecule has 0 aromatic carbocycles. The SMILES string of the molecule is CC(C)(C)CC(C)(C)n1scc(Cl)c1=O. The first-order valence-electron chi connectivity index (χ1n) is 5.00. The highest BCUT2D eigenvalue weighted by Crippen LogP contribution is 2.32. The van der Waals surface area contributed by atoms with Crippen molar-refractivity contribution in [2.45, 2.75) is 46.6 Å². The summed E-state index contributed by atoms with van der Waals surface area (Å²) >= 11 is 7.18. The van der Waals surface area contributed by atoms with Gasteiger partial charge in [-0.1, -0.05) is 43.9 Å². The fourth-order valence-corrected chi connectivity index (χ4v) is 3.18. The molecule has 86 valence electrons. The molecule has 0 aliphatic heterocycles. The lowest BCUT2D eigenvalue weighted by molar-refractivity contribution is 0.223. The fourth-order valence-electron chi connectivity index (χ4n) is 2.08. The molecule has 0 aliphatic carbocycles. The Bertz CT molecular complexity index is 397. The summed E-state index contributed by atoms with van der Waals surface area (Å²) in [4.78, 5) is 11.7. The van der Waals surface area contributed by atoms with Gasteiger partial charge in [0, 0.05) is 5.38 Å². The third-order valence-electron chi connectivity index (χ3n) is 2.16. The zero-order valence-corrected chi connectivity index (χ0v) is 11.5. The van der Waals surface area contributed by atoms with Gasteiger partial charge in [-0.15, -0.1) is 0 Å². The van der Waals surface area contributed by atoms with Crippen molar-refractivity contribution in [1.82, 2.24) is 3.96 Å². The van der Waals surface area contributed by atoms with Crippen LogP contribution in [0, 0.1) is 5.41 Å². The van der Waals surface area contributed by atoms with Gasteiger partial charge in [0.2, 0.25) is 0 Å². The van der Waals surface area contributed by atoms with Crippen molar-refractivity contribution < 1.29 is 0 Å². The van der Waals surface area contributed by atoms with E-state index in [1.807, 2.05) is 0 Å². The van der Waals surface area contributed by atoms with E-state index in [0.29, 0.717) is 5.02 Å². The summed E-state index contributed by atoms with van der Waals surface area (Å²) in [5, 5.41) is 2.02. The lowest BCUT2D eigenvalue weighted by atomic mass is 9.82. The number of halogens is 1.